The number of aryl methyl sites for hydroxylation is 2. The van der Waals surface area contributed by atoms with Gasteiger partial charge in [0.1, 0.15) is 30.0 Å². The first-order valence-electron chi connectivity index (χ1n) is 10.3. The second-order valence-electron chi connectivity index (χ2n) is 7.92. The summed E-state index contributed by atoms with van der Waals surface area (Å²) in [5, 5.41) is 14.4. The summed E-state index contributed by atoms with van der Waals surface area (Å²) in [5.41, 5.74) is 3.09. The minimum absolute atomic E-state index is 0.268. The molecule has 0 amide bonds. The summed E-state index contributed by atoms with van der Waals surface area (Å²) >= 11 is 0. The van der Waals surface area contributed by atoms with Crippen molar-refractivity contribution in [3.05, 3.63) is 40.8 Å². The molecular weight excluding hydrogens is 370 g/mol. The van der Waals surface area contributed by atoms with E-state index in [1.807, 2.05) is 32.0 Å². The van der Waals surface area contributed by atoms with Gasteiger partial charge in [-0.2, -0.15) is 0 Å². The summed E-state index contributed by atoms with van der Waals surface area (Å²) in [5.74, 6) is 2.34. The second-order valence-corrected chi connectivity index (χ2v) is 7.92. The van der Waals surface area contributed by atoms with Crippen molar-refractivity contribution in [1.82, 2.24) is 15.0 Å². The van der Waals surface area contributed by atoms with Gasteiger partial charge in [0.25, 0.3) is 0 Å². The van der Waals surface area contributed by atoms with Crippen LogP contribution < -0.4 is 9.47 Å². The molecule has 3 rings (SSSR count). The molecule has 1 aliphatic heterocycles. The van der Waals surface area contributed by atoms with E-state index in [0.29, 0.717) is 13.1 Å². The van der Waals surface area contributed by atoms with Gasteiger partial charge >= 0.3 is 0 Å². The smallest absolute Gasteiger partial charge is 0.138 e. The number of aliphatic hydroxyl groups is 1. The Bertz CT molecular complexity index is 767. The van der Waals surface area contributed by atoms with Crippen LogP contribution in [0.2, 0.25) is 0 Å². The van der Waals surface area contributed by atoms with Gasteiger partial charge in [-0.3, -0.25) is 4.90 Å². The first-order valence-corrected chi connectivity index (χ1v) is 10.3. The molecule has 1 aliphatic rings. The van der Waals surface area contributed by atoms with Gasteiger partial charge in [0, 0.05) is 36.8 Å². The molecule has 1 saturated heterocycles. The number of likely N-dealkylation sites (tertiary alicyclic amines) is 1. The van der Waals surface area contributed by atoms with Crippen LogP contribution in [0.25, 0.3) is 0 Å². The third kappa shape index (κ3) is 5.95. The lowest BCUT2D eigenvalue weighted by molar-refractivity contribution is 0.0750. The summed E-state index contributed by atoms with van der Waals surface area (Å²) in [7, 11) is 3.70. The average molecular weight is 404 g/mol. The maximum Gasteiger partial charge on any atom is 0.138 e. The van der Waals surface area contributed by atoms with Gasteiger partial charge in [0.2, 0.25) is 0 Å². The lowest BCUT2D eigenvalue weighted by atomic mass is 10.1. The quantitative estimate of drug-likeness (QED) is 0.654. The summed E-state index contributed by atoms with van der Waals surface area (Å²) in [4.78, 5) is 4.49. The standard InChI is InChI=1S/C22H33N3O4/c1-16-21(17(2)29-23-16)14-24(3)12-18-7-8-20(27-4)11-22(18)28-15-19(26)13-25-9-5-6-10-25/h7-8,11,19,26H,5-6,9-10,12-15H2,1-4H3. The Morgan fingerprint density at radius 3 is 2.66 bits per heavy atom. The molecule has 2 heterocycles. The Hall–Kier alpha value is -2.09. The van der Waals surface area contributed by atoms with Crippen molar-refractivity contribution in [2.24, 2.45) is 0 Å². The van der Waals surface area contributed by atoms with Gasteiger partial charge in [-0.05, 0) is 52.9 Å². The highest BCUT2D eigenvalue weighted by Gasteiger charge is 2.18. The maximum absolute atomic E-state index is 10.4. The minimum Gasteiger partial charge on any atom is -0.497 e. The number of ether oxygens (including phenoxy) is 2. The molecule has 1 N–H and O–H groups in total. The van der Waals surface area contributed by atoms with Gasteiger partial charge in [0.15, 0.2) is 0 Å². The molecule has 1 atom stereocenters. The lowest BCUT2D eigenvalue weighted by Gasteiger charge is -2.22. The lowest BCUT2D eigenvalue weighted by Crippen LogP contribution is -2.33. The predicted octanol–water partition coefficient (Wildman–Crippen LogP) is 2.77. The van der Waals surface area contributed by atoms with Crippen LogP contribution in [0.15, 0.2) is 22.7 Å². The highest BCUT2D eigenvalue weighted by molar-refractivity contribution is 5.41. The predicted molar refractivity (Wildman–Crippen MR) is 111 cm³/mol. The van der Waals surface area contributed by atoms with Crippen LogP contribution in [0.3, 0.4) is 0 Å². The fourth-order valence-corrected chi connectivity index (χ4v) is 3.77. The number of rotatable bonds is 10. The molecule has 0 aliphatic carbocycles. The van der Waals surface area contributed by atoms with Gasteiger partial charge in [-0.25, -0.2) is 0 Å². The summed E-state index contributed by atoms with van der Waals surface area (Å²) < 4.78 is 16.7. The van der Waals surface area contributed by atoms with E-state index >= 15 is 0 Å². The normalized spacial score (nSPS) is 15.8. The van der Waals surface area contributed by atoms with E-state index in [4.69, 9.17) is 14.0 Å². The molecule has 1 aromatic heterocycles. The highest BCUT2D eigenvalue weighted by atomic mass is 16.5. The zero-order valence-corrected chi connectivity index (χ0v) is 18.0. The van der Waals surface area contributed by atoms with Crippen LogP contribution in [0, 0.1) is 13.8 Å². The van der Waals surface area contributed by atoms with Crippen LogP contribution in [0.5, 0.6) is 11.5 Å². The van der Waals surface area contributed by atoms with Crippen LogP contribution in [-0.4, -0.2) is 66.6 Å². The first kappa shape index (κ1) is 21.6. The van der Waals surface area contributed by atoms with Gasteiger partial charge in [0.05, 0.1) is 12.8 Å². The van der Waals surface area contributed by atoms with Crippen LogP contribution in [0.4, 0.5) is 0 Å². The second kappa shape index (κ2) is 10.1. The molecular formula is C22H33N3O4. The Labute approximate surface area is 173 Å². The molecule has 0 radical (unpaired) electrons. The van der Waals surface area contributed by atoms with Gasteiger partial charge in [-0.15, -0.1) is 0 Å². The van der Waals surface area contributed by atoms with Crippen molar-refractivity contribution < 1.29 is 19.1 Å². The summed E-state index contributed by atoms with van der Waals surface area (Å²) in [6.45, 7) is 8.39. The van der Waals surface area contributed by atoms with E-state index < -0.39 is 6.10 Å². The van der Waals surface area contributed by atoms with Crippen molar-refractivity contribution in [2.75, 3.05) is 40.4 Å². The largest absolute Gasteiger partial charge is 0.497 e. The molecule has 7 nitrogen and oxygen atoms in total. The topological polar surface area (TPSA) is 71.2 Å². The van der Waals surface area contributed by atoms with E-state index in [2.05, 4.69) is 22.0 Å². The molecule has 1 fully saturated rings. The highest BCUT2D eigenvalue weighted by Crippen LogP contribution is 2.27. The number of β-amino-alcohol motifs (C(OH)–C–C–N with tert-alkyl or cyclic N) is 1. The molecule has 29 heavy (non-hydrogen) atoms. The SMILES string of the molecule is COc1ccc(CN(C)Cc2c(C)noc2C)c(OCC(O)CN2CCCC2)c1. The molecule has 0 saturated carbocycles. The zero-order chi connectivity index (χ0) is 20.8. The van der Waals surface area contributed by atoms with E-state index in [0.717, 1.165) is 53.7 Å². The fraction of sp³-hybridized carbons (Fsp3) is 0.591. The number of methoxy groups -OCH3 is 1. The van der Waals surface area contributed by atoms with Crippen molar-refractivity contribution in [3.8, 4) is 11.5 Å². The molecule has 1 aromatic carbocycles. The van der Waals surface area contributed by atoms with Crippen LogP contribution in [-0.2, 0) is 13.1 Å². The third-order valence-electron chi connectivity index (χ3n) is 5.42. The Balaban J connectivity index is 1.63. The number of benzene rings is 1. The van der Waals surface area contributed by atoms with Crippen molar-refractivity contribution in [2.45, 2.75) is 45.9 Å². The van der Waals surface area contributed by atoms with Gasteiger partial charge in [-0.1, -0.05) is 11.2 Å². The maximum atomic E-state index is 10.4. The first-order chi connectivity index (χ1) is 14.0. The van der Waals surface area contributed by atoms with E-state index in [9.17, 15) is 5.11 Å². The van der Waals surface area contributed by atoms with Crippen molar-refractivity contribution >= 4 is 0 Å². The Kier molecular flexibility index (Phi) is 7.52. The zero-order valence-electron chi connectivity index (χ0n) is 18.0. The van der Waals surface area contributed by atoms with Crippen LogP contribution in [0.1, 0.15) is 35.4 Å². The molecule has 0 bridgehead atoms. The fourth-order valence-electron chi connectivity index (χ4n) is 3.77. The van der Waals surface area contributed by atoms with Crippen molar-refractivity contribution in [1.29, 1.82) is 0 Å². The van der Waals surface area contributed by atoms with E-state index in [1.54, 1.807) is 7.11 Å². The van der Waals surface area contributed by atoms with E-state index in [-0.39, 0.29) is 6.61 Å². The third-order valence-corrected chi connectivity index (χ3v) is 5.42. The van der Waals surface area contributed by atoms with Crippen LogP contribution >= 0.6 is 0 Å². The van der Waals surface area contributed by atoms with Gasteiger partial charge < -0.3 is 24.0 Å². The molecule has 7 heteroatoms. The van der Waals surface area contributed by atoms with Crippen molar-refractivity contribution in [3.63, 3.8) is 0 Å². The average Bonchev–Trinajstić information content (AvgIpc) is 3.32. The molecule has 0 spiro atoms. The minimum atomic E-state index is -0.507. The Morgan fingerprint density at radius 1 is 1.24 bits per heavy atom. The number of hydrogen-bond donors (Lipinski definition) is 1. The van der Waals surface area contributed by atoms with E-state index in [1.165, 1.54) is 12.8 Å². The summed E-state index contributed by atoms with van der Waals surface area (Å²) in [6, 6.07) is 5.85. The number of nitrogens with zero attached hydrogens (tertiary/aromatic N) is 3. The Morgan fingerprint density at radius 2 is 2.00 bits per heavy atom. The number of aromatic nitrogens is 1. The molecule has 1 unspecified atom stereocenters. The molecule has 160 valence electrons. The number of aliphatic hydroxyl groups excluding tert-OH is 1. The monoisotopic (exact) mass is 403 g/mol. The molecule has 2 aromatic rings. The number of hydrogen-bond acceptors (Lipinski definition) is 7. The summed E-state index contributed by atoms with van der Waals surface area (Å²) in [6.07, 6.45) is 1.92.